The van der Waals surface area contributed by atoms with Crippen molar-refractivity contribution in [3.63, 3.8) is 0 Å². The number of rotatable bonds is 7. The van der Waals surface area contributed by atoms with Gasteiger partial charge in [-0.05, 0) is 58.1 Å². The largest absolute Gasteiger partial charge is 0.309 e. The molecular formula is C51H34N4. The molecule has 0 unspecified atom stereocenters. The molecule has 10 aromatic rings. The molecule has 2 aromatic heterocycles. The molecule has 10 rings (SSSR count). The van der Waals surface area contributed by atoms with E-state index in [0.717, 1.165) is 33.5 Å². The van der Waals surface area contributed by atoms with Crippen LogP contribution in [-0.4, -0.2) is 19.5 Å². The topological polar surface area (TPSA) is 43.6 Å². The van der Waals surface area contributed by atoms with Crippen LogP contribution in [0.4, 0.5) is 0 Å². The van der Waals surface area contributed by atoms with Crippen molar-refractivity contribution in [1.82, 2.24) is 19.5 Å². The van der Waals surface area contributed by atoms with Crippen LogP contribution >= 0.6 is 0 Å². The quantitative estimate of drug-likeness (QED) is 0.166. The van der Waals surface area contributed by atoms with E-state index in [1.165, 1.54) is 44.1 Å². The van der Waals surface area contributed by atoms with Crippen LogP contribution in [-0.2, 0) is 0 Å². The van der Waals surface area contributed by atoms with Gasteiger partial charge in [0.15, 0.2) is 17.5 Å². The number of benzene rings is 8. The lowest BCUT2D eigenvalue weighted by molar-refractivity contribution is 1.07. The maximum Gasteiger partial charge on any atom is 0.164 e. The molecule has 55 heavy (non-hydrogen) atoms. The van der Waals surface area contributed by atoms with E-state index >= 15 is 0 Å². The van der Waals surface area contributed by atoms with Gasteiger partial charge in [-0.1, -0.05) is 176 Å². The molecule has 0 atom stereocenters. The molecule has 0 N–H and O–H groups in total. The van der Waals surface area contributed by atoms with Crippen molar-refractivity contribution in [2.75, 3.05) is 0 Å². The third kappa shape index (κ3) is 6.06. The number of hydrogen-bond donors (Lipinski definition) is 0. The van der Waals surface area contributed by atoms with Crippen molar-refractivity contribution in [2.45, 2.75) is 0 Å². The number of aromatic nitrogens is 4. The zero-order valence-corrected chi connectivity index (χ0v) is 29.9. The molecule has 0 spiro atoms. The third-order valence-electron chi connectivity index (χ3n) is 10.3. The first-order valence-corrected chi connectivity index (χ1v) is 18.5. The Bertz CT molecular complexity index is 2880. The molecule has 8 aromatic carbocycles. The van der Waals surface area contributed by atoms with Crippen LogP contribution in [0.2, 0.25) is 0 Å². The Hall–Kier alpha value is -7.43. The first-order valence-electron chi connectivity index (χ1n) is 18.5. The number of hydrogen-bond acceptors (Lipinski definition) is 3. The molecule has 4 heteroatoms. The summed E-state index contributed by atoms with van der Waals surface area (Å²) in [5, 5.41) is 2.47. The van der Waals surface area contributed by atoms with E-state index in [1.807, 2.05) is 60.7 Å². The van der Waals surface area contributed by atoms with Crippen LogP contribution in [0.5, 0.6) is 0 Å². The lowest BCUT2D eigenvalue weighted by atomic mass is 9.97. The fraction of sp³-hybridized carbons (Fsp3) is 0. The summed E-state index contributed by atoms with van der Waals surface area (Å²) < 4.78 is 2.41. The minimum Gasteiger partial charge on any atom is -0.309 e. The average molecular weight is 703 g/mol. The van der Waals surface area contributed by atoms with Gasteiger partial charge in [-0.2, -0.15) is 0 Å². The molecular weight excluding hydrogens is 669 g/mol. The van der Waals surface area contributed by atoms with Gasteiger partial charge in [0.2, 0.25) is 0 Å². The second-order valence-corrected chi connectivity index (χ2v) is 13.7. The van der Waals surface area contributed by atoms with Gasteiger partial charge in [0.25, 0.3) is 0 Å². The predicted molar refractivity (Wildman–Crippen MR) is 227 cm³/mol. The van der Waals surface area contributed by atoms with Crippen LogP contribution in [0.25, 0.3) is 95.0 Å². The van der Waals surface area contributed by atoms with Gasteiger partial charge in [0, 0.05) is 38.7 Å². The van der Waals surface area contributed by atoms with Gasteiger partial charge in [-0.15, -0.1) is 0 Å². The highest BCUT2D eigenvalue weighted by Crippen LogP contribution is 2.40. The molecule has 0 aliphatic rings. The van der Waals surface area contributed by atoms with Gasteiger partial charge >= 0.3 is 0 Å². The Morgan fingerprint density at radius 3 is 1.35 bits per heavy atom. The monoisotopic (exact) mass is 702 g/mol. The molecule has 0 bridgehead atoms. The fourth-order valence-corrected chi connectivity index (χ4v) is 7.58. The van der Waals surface area contributed by atoms with Gasteiger partial charge in [-0.3, -0.25) is 0 Å². The maximum absolute atomic E-state index is 4.95. The third-order valence-corrected chi connectivity index (χ3v) is 10.3. The second kappa shape index (κ2) is 13.8. The lowest BCUT2D eigenvalue weighted by Gasteiger charge is -2.12. The molecule has 4 nitrogen and oxygen atoms in total. The zero-order valence-electron chi connectivity index (χ0n) is 29.9. The summed E-state index contributed by atoms with van der Waals surface area (Å²) in [6.07, 6.45) is 0. The summed E-state index contributed by atoms with van der Waals surface area (Å²) in [5.74, 6) is 1.95. The number of nitrogens with zero attached hydrogens (tertiary/aromatic N) is 4. The normalized spacial score (nSPS) is 11.3. The molecule has 0 saturated heterocycles. The molecule has 0 aliphatic carbocycles. The van der Waals surface area contributed by atoms with E-state index < -0.39 is 0 Å². The number of para-hydroxylation sites is 2. The predicted octanol–water partition coefficient (Wildman–Crippen LogP) is 13.0. The van der Waals surface area contributed by atoms with E-state index in [0.29, 0.717) is 17.5 Å². The minimum atomic E-state index is 0.643. The fourth-order valence-electron chi connectivity index (χ4n) is 7.58. The van der Waals surface area contributed by atoms with E-state index in [1.54, 1.807) is 0 Å². The van der Waals surface area contributed by atoms with Gasteiger partial charge in [0.05, 0.1) is 11.0 Å². The minimum absolute atomic E-state index is 0.643. The molecule has 0 radical (unpaired) electrons. The van der Waals surface area contributed by atoms with E-state index in [4.69, 9.17) is 15.0 Å². The first-order chi connectivity index (χ1) is 27.3. The zero-order chi connectivity index (χ0) is 36.6. The van der Waals surface area contributed by atoms with Crippen molar-refractivity contribution in [2.24, 2.45) is 0 Å². The first kappa shape index (κ1) is 32.2. The van der Waals surface area contributed by atoms with Crippen molar-refractivity contribution in [1.29, 1.82) is 0 Å². The van der Waals surface area contributed by atoms with Crippen LogP contribution in [0.1, 0.15) is 0 Å². The molecule has 0 fully saturated rings. The Kier molecular flexibility index (Phi) is 8.12. The smallest absolute Gasteiger partial charge is 0.164 e. The van der Waals surface area contributed by atoms with Crippen molar-refractivity contribution in [3.05, 3.63) is 206 Å². The standard InChI is InChI=1S/C51H34N4/c1-5-15-37(16-6-1)44-25-14-26-45-46-34-41(31-32-47(46)55(48(44)45)43-23-11-4-12-24-43)36-29-27-35(28-30-36)40-21-13-22-42(33-40)51-53-49(38-17-7-2-8-18-38)52-50(54-51)39-19-9-3-10-20-39/h1-34H. The summed E-state index contributed by atoms with van der Waals surface area (Å²) >= 11 is 0. The van der Waals surface area contributed by atoms with Gasteiger partial charge in [0.1, 0.15) is 0 Å². The van der Waals surface area contributed by atoms with Crippen LogP contribution in [0, 0.1) is 0 Å². The number of fused-ring (bicyclic) bond motifs is 3. The molecule has 0 saturated carbocycles. The van der Waals surface area contributed by atoms with E-state index in [2.05, 4.69) is 150 Å². The van der Waals surface area contributed by atoms with Crippen molar-refractivity contribution < 1.29 is 0 Å². The summed E-state index contributed by atoms with van der Waals surface area (Å²) in [6.45, 7) is 0. The Labute approximate surface area is 319 Å². The Morgan fingerprint density at radius 2 is 0.745 bits per heavy atom. The lowest BCUT2D eigenvalue weighted by Crippen LogP contribution is -2.00. The van der Waals surface area contributed by atoms with E-state index in [-0.39, 0.29) is 0 Å². The van der Waals surface area contributed by atoms with Gasteiger partial charge < -0.3 is 4.57 Å². The summed E-state index contributed by atoms with van der Waals surface area (Å²) in [4.78, 5) is 14.8. The molecule has 2 heterocycles. The highest BCUT2D eigenvalue weighted by atomic mass is 15.0. The summed E-state index contributed by atoms with van der Waals surface area (Å²) in [7, 11) is 0. The highest BCUT2D eigenvalue weighted by molar-refractivity contribution is 6.14. The summed E-state index contributed by atoms with van der Waals surface area (Å²) in [6, 6.07) is 72.4. The molecule has 258 valence electrons. The van der Waals surface area contributed by atoms with E-state index in [9.17, 15) is 0 Å². The van der Waals surface area contributed by atoms with Gasteiger partial charge in [-0.25, -0.2) is 15.0 Å². The van der Waals surface area contributed by atoms with Crippen LogP contribution < -0.4 is 0 Å². The average Bonchev–Trinajstić information content (AvgIpc) is 3.61. The summed E-state index contributed by atoms with van der Waals surface area (Å²) in [5.41, 5.74) is 13.4. The van der Waals surface area contributed by atoms with Crippen LogP contribution in [0.3, 0.4) is 0 Å². The second-order valence-electron chi connectivity index (χ2n) is 13.7. The maximum atomic E-state index is 4.95. The Morgan fingerprint density at radius 1 is 0.291 bits per heavy atom. The van der Waals surface area contributed by atoms with Crippen LogP contribution in [0.15, 0.2) is 206 Å². The van der Waals surface area contributed by atoms with Crippen molar-refractivity contribution >= 4 is 21.8 Å². The Balaban J connectivity index is 1.03. The molecule has 0 aliphatic heterocycles. The SMILES string of the molecule is c1ccc(-c2nc(-c3ccccc3)nc(-c3cccc(-c4ccc(-c5ccc6c(c5)c5cccc(-c7ccccc7)c5n6-c5ccccc5)cc4)c3)n2)cc1. The van der Waals surface area contributed by atoms with Crippen molar-refractivity contribution in [3.8, 4) is 73.2 Å². The highest BCUT2D eigenvalue weighted by Gasteiger charge is 2.18. The molecule has 0 amide bonds.